The van der Waals surface area contributed by atoms with Crippen LogP contribution in [0.2, 0.25) is 0 Å². The molecular formula is C20H28F3N2O+. The lowest BCUT2D eigenvalue weighted by atomic mass is 9.92. The highest BCUT2D eigenvalue weighted by Gasteiger charge is 2.33. The van der Waals surface area contributed by atoms with Crippen LogP contribution in [-0.4, -0.2) is 37.0 Å². The first-order valence-electron chi connectivity index (χ1n) is 9.61. The molecule has 1 amide bonds. The lowest BCUT2D eigenvalue weighted by molar-refractivity contribution is -0.919. The lowest BCUT2D eigenvalue weighted by Gasteiger charge is -2.36. The quantitative estimate of drug-likeness (QED) is 0.871. The van der Waals surface area contributed by atoms with Gasteiger partial charge in [-0.15, -0.1) is 0 Å². The smallest absolute Gasteiger partial charge is 0.342 e. The van der Waals surface area contributed by atoms with Gasteiger partial charge in [-0.25, -0.2) is 0 Å². The molecule has 2 aliphatic heterocycles. The molecule has 1 atom stereocenters. The fraction of sp³-hybridized carbons (Fsp3) is 0.650. The molecule has 2 heterocycles. The fourth-order valence-electron chi connectivity index (χ4n) is 4.20. The molecular weight excluding hydrogens is 341 g/mol. The van der Waals surface area contributed by atoms with E-state index in [0.29, 0.717) is 11.8 Å². The highest BCUT2D eigenvalue weighted by atomic mass is 19.4. The minimum absolute atomic E-state index is 0.122. The monoisotopic (exact) mass is 369 g/mol. The number of nitrogens with zero attached hydrogens (tertiary/aromatic N) is 1. The van der Waals surface area contributed by atoms with Crippen LogP contribution < -0.4 is 4.90 Å². The number of benzene rings is 1. The zero-order valence-corrected chi connectivity index (χ0v) is 15.3. The summed E-state index contributed by atoms with van der Waals surface area (Å²) in [6, 6.07) is 5.45. The number of rotatable bonds is 3. The summed E-state index contributed by atoms with van der Waals surface area (Å²) in [5, 5.41) is 0. The number of amides is 1. The third-order valence-corrected chi connectivity index (χ3v) is 5.75. The van der Waals surface area contributed by atoms with Gasteiger partial charge in [0, 0.05) is 37.4 Å². The number of carbonyl (C=O) groups excluding carboxylic acids is 1. The van der Waals surface area contributed by atoms with E-state index in [0.717, 1.165) is 69.7 Å². The molecule has 0 aromatic heterocycles. The Morgan fingerprint density at radius 3 is 2.38 bits per heavy atom. The molecule has 0 saturated carbocycles. The standard InChI is InChI=1S/C20H27F3N2O/c1-15-3-2-10-25(13-15)19(26)17-8-11-24(12-9-17)14-16-4-6-18(7-5-16)20(21,22)23/h4-7,15,17H,2-3,8-14H2,1H3/p+1/t15-/m0/s1. The van der Waals surface area contributed by atoms with E-state index in [1.54, 1.807) is 12.1 Å². The summed E-state index contributed by atoms with van der Waals surface area (Å²) in [5.74, 6) is 1.03. The average molecular weight is 369 g/mol. The van der Waals surface area contributed by atoms with Crippen molar-refractivity contribution in [3.8, 4) is 0 Å². The minimum atomic E-state index is -4.28. The van der Waals surface area contributed by atoms with Crippen molar-refractivity contribution < 1.29 is 22.9 Å². The maximum absolute atomic E-state index is 12.7. The molecule has 2 fully saturated rings. The largest absolute Gasteiger partial charge is 0.416 e. The first kappa shape index (κ1) is 19.2. The second-order valence-electron chi connectivity index (χ2n) is 7.93. The Hall–Kier alpha value is -1.56. The molecule has 0 radical (unpaired) electrons. The van der Waals surface area contributed by atoms with Crippen LogP contribution in [-0.2, 0) is 17.5 Å². The minimum Gasteiger partial charge on any atom is -0.342 e. The highest BCUT2D eigenvalue weighted by Crippen LogP contribution is 2.29. The SMILES string of the molecule is C[C@H]1CCCN(C(=O)C2CC[NH+](Cc3ccc(C(F)(F)F)cc3)CC2)C1. The first-order chi connectivity index (χ1) is 12.3. The van der Waals surface area contributed by atoms with Crippen molar-refractivity contribution in [3.63, 3.8) is 0 Å². The molecule has 0 unspecified atom stereocenters. The van der Waals surface area contributed by atoms with E-state index in [9.17, 15) is 18.0 Å². The topological polar surface area (TPSA) is 24.8 Å². The number of halogens is 3. The number of likely N-dealkylation sites (tertiary alicyclic amines) is 2. The number of nitrogens with one attached hydrogen (secondary N) is 1. The van der Waals surface area contributed by atoms with E-state index < -0.39 is 11.7 Å². The van der Waals surface area contributed by atoms with E-state index in [-0.39, 0.29) is 5.92 Å². The molecule has 144 valence electrons. The molecule has 3 rings (SSSR count). The predicted octanol–water partition coefficient (Wildman–Crippen LogP) is 2.76. The molecule has 0 bridgehead atoms. The van der Waals surface area contributed by atoms with Crippen LogP contribution in [0.4, 0.5) is 13.2 Å². The molecule has 0 aliphatic carbocycles. The molecule has 1 N–H and O–H groups in total. The van der Waals surface area contributed by atoms with Gasteiger partial charge in [0.15, 0.2) is 0 Å². The Labute approximate surface area is 153 Å². The van der Waals surface area contributed by atoms with Crippen LogP contribution in [0.1, 0.15) is 43.7 Å². The number of quaternary nitrogens is 1. The van der Waals surface area contributed by atoms with Crippen molar-refractivity contribution in [3.05, 3.63) is 35.4 Å². The zero-order valence-electron chi connectivity index (χ0n) is 15.3. The summed E-state index contributed by atoms with van der Waals surface area (Å²) in [6.45, 7) is 6.51. The van der Waals surface area contributed by atoms with E-state index in [4.69, 9.17) is 0 Å². The Bertz CT molecular complexity index is 606. The number of hydrogen-bond donors (Lipinski definition) is 1. The van der Waals surface area contributed by atoms with Gasteiger partial charge in [-0.2, -0.15) is 13.2 Å². The van der Waals surface area contributed by atoms with Crippen LogP contribution in [0, 0.1) is 11.8 Å². The van der Waals surface area contributed by atoms with Gasteiger partial charge in [-0.3, -0.25) is 4.79 Å². The van der Waals surface area contributed by atoms with Crippen LogP contribution in [0.15, 0.2) is 24.3 Å². The molecule has 2 saturated heterocycles. The van der Waals surface area contributed by atoms with Crippen molar-refractivity contribution >= 4 is 5.91 Å². The van der Waals surface area contributed by atoms with Crippen molar-refractivity contribution in [2.75, 3.05) is 26.2 Å². The Kier molecular flexibility index (Phi) is 5.90. The van der Waals surface area contributed by atoms with E-state index in [1.807, 2.05) is 4.90 Å². The molecule has 2 aliphatic rings. The van der Waals surface area contributed by atoms with Gasteiger partial charge >= 0.3 is 6.18 Å². The van der Waals surface area contributed by atoms with Gasteiger partial charge in [0.25, 0.3) is 0 Å². The van der Waals surface area contributed by atoms with Gasteiger partial charge in [0.05, 0.1) is 18.7 Å². The summed E-state index contributed by atoms with van der Waals surface area (Å²) < 4.78 is 37.9. The van der Waals surface area contributed by atoms with Gasteiger partial charge in [0.2, 0.25) is 5.91 Å². The Morgan fingerprint density at radius 1 is 1.15 bits per heavy atom. The van der Waals surface area contributed by atoms with Crippen LogP contribution in [0.25, 0.3) is 0 Å². The molecule has 1 aromatic rings. The molecule has 6 heteroatoms. The number of piperidine rings is 2. The third kappa shape index (κ3) is 4.78. The number of hydrogen-bond acceptors (Lipinski definition) is 1. The highest BCUT2D eigenvalue weighted by molar-refractivity contribution is 5.79. The van der Waals surface area contributed by atoms with Crippen LogP contribution >= 0.6 is 0 Å². The van der Waals surface area contributed by atoms with E-state index in [1.165, 1.54) is 11.3 Å². The second-order valence-corrected chi connectivity index (χ2v) is 7.93. The Morgan fingerprint density at radius 2 is 1.81 bits per heavy atom. The van der Waals surface area contributed by atoms with Gasteiger partial charge in [-0.1, -0.05) is 19.1 Å². The molecule has 26 heavy (non-hydrogen) atoms. The molecule has 3 nitrogen and oxygen atoms in total. The Balaban J connectivity index is 1.48. The summed E-state index contributed by atoms with van der Waals surface area (Å²) >= 11 is 0. The van der Waals surface area contributed by atoms with Crippen molar-refractivity contribution in [1.29, 1.82) is 0 Å². The zero-order chi connectivity index (χ0) is 18.7. The predicted molar refractivity (Wildman–Crippen MR) is 93.5 cm³/mol. The molecule has 0 spiro atoms. The summed E-state index contributed by atoms with van der Waals surface area (Å²) in [4.78, 5) is 16.1. The maximum atomic E-state index is 12.7. The fourth-order valence-corrected chi connectivity index (χ4v) is 4.20. The van der Waals surface area contributed by atoms with Gasteiger partial charge in [0.1, 0.15) is 6.54 Å². The number of carbonyl (C=O) groups is 1. The van der Waals surface area contributed by atoms with Gasteiger partial charge in [-0.05, 0) is 30.9 Å². The van der Waals surface area contributed by atoms with E-state index >= 15 is 0 Å². The summed E-state index contributed by atoms with van der Waals surface area (Å²) in [6.07, 6.45) is -0.222. The van der Waals surface area contributed by atoms with E-state index in [2.05, 4.69) is 6.92 Å². The second kappa shape index (κ2) is 7.99. The van der Waals surface area contributed by atoms with Gasteiger partial charge < -0.3 is 9.80 Å². The normalized spacial score (nSPS) is 27.4. The summed E-state index contributed by atoms with van der Waals surface area (Å²) in [7, 11) is 0. The van der Waals surface area contributed by atoms with Crippen LogP contribution in [0.5, 0.6) is 0 Å². The first-order valence-corrected chi connectivity index (χ1v) is 9.61. The lowest BCUT2D eigenvalue weighted by Crippen LogP contribution is -3.11. The summed E-state index contributed by atoms with van der Waals surface area (Å²) in [5.41, 5.74) is 0.318. The third-order valence-electron chi connectivity index (χ3n) is 5.75. The van der Waals surface area contributed by atoms with Crippen molar-refractivity contribution in [2.24, 2.45) is 11.8 Å². The molecule has 1 aromatic carbocycles. The average Bonchev–Trinajstić information content (AvgIpc) is 2.61. The van der Waals surface area contributed by atoms with Crippen LogP contribution in [0.3, 0.4) is 0 Å². The number of alkyl halides is 3. The maximum Gasteiger partial charge on any atom is 0.416 e. The van der Waals surface area contributed by atoms with Crippen molar-refractivity contribution in [1.82, 2.24) is 4.90 Å². The van der Waals surface area contributed by atoms with Crippen molar-refractivity contribution in [2.45, 2.75) is 45.3 Å².